The van der Waals surface area contributed by atoms with Crippen LogP contribution < -0.4 is 9.46 Å². The summed E-state index contributed by atoms with van der Waals surface area (Å²) in [7, 11) is -3.83. The van der Waals surface area contributed by atoms with Crippen molar-refractivity contribution in [2.45, 2.75) is 17.7 Å². The molecule has 0 fully saturated rings. The Bertz CT molecular complexity index is 732. The minimum atomic E-state index is -3.83. The second-order valence-electron chi connectivity index (χ2n) is 3.85. The van der Waals surface area contributed by atoms with E-state index in [4.69, 9.17) is 11.6 Å². The number of aromatic nitrogens is 1. The molecule has 5 nitrogen and oxygen atoms in total. The van der Waals surface area contributed by atoms with Gasteiger partial charge >= 0.3 is 6.61 Å². The predicted molar refractivity (Wildman–Crippen MR) is 75.7 cm³/mol. The van der Waals surface area contributed by atoms with E-state index in [0.29, 0.717) is 0 Å². The lowest BCUT2D eigenvalue weighted by Crippen LogP contribution is -2.12. The Balaban J connectivity index is 2.19. The molecule has 2 rings (SSSR count). The number of hydrogen-bond donors (Lipinski definition) is 1. The molecule has 21 heavy (non-hydrogen) atoms. The molecule has 0 aliphatic carbocycles. The molecule has 0 saturated carbocycles. The fourth-order valence-electron chi connectivity index (χ4n) is 1.51. The van der Waals surface area contributed by atoms with Gasteiger partial charge in [0.15, 0.2) is 8.68 Å². The summed E-state index contributed by atoms with van der Waals surface area (Å²) in [6.45, 7) is -1.41. The van der Waals surface area contributed by atoms with Gasteiger partial charge in [-0.25, -0.2) is 13.4 Å². The normalized spacial score (nSPS) is 11.7. The Morgan fingerprint density at radius 1 is 1.33 bits per heavy atom. The molecule has 0 aliphatic rings. The van der Waals surface area contributed by atoms with Crippen LogP contribution >= 0.6 is 22.9 Å². The lowest BCUT2D eigenvalue weighted by Gasteiger charge is -2.08. The van der Waals surface area contributed by atoms with Crippen molar-refractivity contribution >= 4 is 38.6 Å². The lowest BCUT2D eigenvalue weighted by molar-refractivity contribution is -0.0498. The van der Waals surface area contributed by atoms with Gasteiger partial charge in [0.2, 0.25) is 0 Å². The van der Waals surface area contributed by atoms with Crippen LogP contribution in [0.15, 0.2) is 28.5 Å². The lowest BCUT2D eigenvalue weighted by atomic mass is 10.3. The first-order chi connectivity index (χ1) is 9.78. The number of nitrogens with zero attached hydrogens (tertiary/aromatic N) is 1. The summed E-state index contributed by atoms with van der Waals surface area (Å²) >= 11 is 6.50. The molecule has 0 radical (unpaired) electrons. The number of anilines is 1. The summed E-state index contributed by atoms with van der Waals surface area (Å²) in [6.07, 6.45) is 0. The van der Waals surface area contributed by atoms with Crippen molar-refractivity contribution in [3.05, 3.63) is 34.4 Å². The fraction of sp³-hybridized carbons (Fsp3) is 0.182. The van der Waals surface area contributed by atoms with Crippen molar-refractivity contribution in [1.82, 2.24) is 4.98 Å². The molecule has 0 atom stereocenters. The smallest absolute Gasteiger partial charge is 0.387 e. The van der Waals surface area contributed by atoms with Crippen molar-refractivity contribution in [1.29, 1.82) is 0 Å². The number of thiazole rings is 1. The predicted octanol–water partition coefficient (Wildman–Crippen LogP) is 3.51. The van der Waals surface area contributed by atoms with Crippen LogP contribution in [-0.2, 0) is 10.0 Å². The highest BCUT2D eigenvalue weighted by molar-refractivity contribution is 7.94. The van der Waals surface area contributed by atoms with Crippen LogP contribution in [-0.4, -0.2) is 20.0 Å². The van der Waals surface area contributed by atoms with Gasteiger partial charge in [-0.1, -0.05) is 22.9 Å². The molecule has 2 aromatic rings. The standard InChI is InChI=1S/C11H9ClF2N2O3S2/c1-6-9(20-10(12)15-6)21(17,18)16-7-2-4-8(5-3-7)19-11(13)14/h2-5,11,16H,1H3. The number of alkyl halides is 2. The van der Waals surface area contributed by atoms with Crippen molar-refractivity contribution < 1.29 is 21.9 Å². The number of nitrogens with one attached hydrogen (secondary N) is 1. The molecule has 114 valence electrons. The maximum atomic E-state index is 12.1. The average Bonchev–Trinajstić information content (AvgIpc) is 2.71. The third-order valence-electron chi connectivity index (χ3n) is 2.30. The van der Waals surface area contributed by atoms with E-state index in [1.165, 1.54) is 31.2 Å². The van der Waals surface area contributed by atoms with Gasteiger partial charge < -0.3 is 4.74 Å². The Morgan fingerprint density at radius 3 is 2.43 bits per heavy atom. The molecule has 0 bridgehead atoms. The molecule has 1 heterocycles. The summed E-state index contributed by atoms with van der Waals surface area (Å²) < 4.78 is 54.9. The Hall–Kier alpha value is -1.45. The van der Waals surface area contributed by atoms with Gasteiger partial charge in [0.1, 0.15) is 5.75 Å². The van der Waals surface area contributed by atoms with E-state index in [0.717, 1.165) is 11.3 Å². The number of ether oxygens (including phenoxy) is 1. The summed E-state index contributed by atoms with van der Waals surface area (Å²) in [4.78, 5) is 3.83. The molecule has 0 spiro atoms. The third kappa shape index (κ3) is 4.02. The van der Waals surface area contributed by atoms with Gasteiger partial charge in [0, 0.05) is 5.69 Å². The molecule has 1 aromatic carbocycles. The van der Waals surface area contributed by atoms with E-state index >= 15 is 0 Å². The van der Waals surface area contributed by atoms with E-state index in [-0.39, 0.29) is 25.8 Å². The topological polar surface area (TPSA) is 68.3 Å². The first-order valence-corrected chi connectivity index (χ1v) is 8.16. The maximum Gasteiger partial charge on any atom is 0.387 e. The zero-order valence-corrected chi connectivity index (χ0v) is 12.9. The van der Waals surface area contributed by atoms with Gasteiger partial charge in [-0.2, -0.15) is 8.78 Å². The molecule has 1 aromatic heterocycles. The molecular weight excluding hydrogens is 346 g/mol. The number of hydrogen-bond acceptors (Lipinski definition) is 5. The number of halogens is 3. The fourth-order valence-corrected chi connectivity index (χ4v) is 4.30. The quantitative estimate of drug-likeness (QED) is 0.892. The van der Waals surface area contributed by atoms with Crippen LogP contribution in [0, 0.1) is 6.92 Å². The van der Waals surface area contributed by atoms with Crippen LogP contribution in [0.2, 0.25) is 4.47 Å². The van der Waals surface area contributed by atoms with Crippen molar-refractivity contribution in [3.63, 3.8) is 0 Å². The first kappa shape index (κ1) is 15.9. The number of rotatable bonds is 5. The molecule has 0 saturated heterocycles. The number of aryl methyl sites for hydroxylation is 1. The molecule has 0 amide bonds. The zero-order chi connectivity index (χ0) is 15.6. The van der Waals surface area contributed by atoms with Crippen molar-refractivity contribution in [2.75, 3.05) is 4.72 Å². The summed E-state index contributed by atoms with van der Waals surface area (Å²) in [5.41, 5.74) is 0.496. The van der Waals surface area contributed by atoms with E-state index in [9.17, 15) is 17.2 Å². The van der Waals surface area contributed by atoms with Gasteiger partial charge in [0.25, 0.3) is 10.0 Å². The monoisotopic (exact) mass is 354 g/mol. The first-order valence-electron chi connectivity index (χ1n) is 5.48. The van der Waals surface area contributed by atoms with Crippen LogP contribution in [0.4, 0.5) is 14.5 Å². The molecule has 1 N–H and O–H groups in total. The Labute approximate surface area is 128 Å². The third-order valence-corrected chi connectivity index (χ3v) is 5.56. The second kappa shape index (κ2) is 6.12. The van der Waals surface area contributed by atoms with E-state index < -0.39 is 16.6 Å². The Morgan fingerprint density at radius 2 is 1.95 bits per heavy atom. The molecular formula is C11H9ClF2N2O3S2. The van der Waals surface area contributed by atoms with Gasteiger partial charge in [-0.3, -0.25) is 4.72 Å². The molecule has 0 aliphatic heterocycles. The summed E-state index contributed by atoms with van der Waals surface area (Å²) in [5.74, 6) is -0.0648. The van der Waals surface area contributed by atoms with Crippen LogP contribution in [0.25, 0.3) is 0 Å². The average molecular weight is 355 g/mol. The van der Waals surface area contributed by atoms with Crippen molar-refractivity contribution in [3.8, 4) is 5.75 Å². The second-order valence-corrected chi connectivity index (χ2v) is 7.31. The Kier molecular flexibility index (Phi) is 4.64. The van der Waals surface area contributed by atoms with E-state index in [2.05, 4.69) is 14.4 Å². The number of sulfonamides is 1. The SMILES string of the molecule is Cc1nc(Cl)sc1S(=O)(=O)Nc1ccc(OC(F)F)cc1. The highest BCUT2D eigenvalue weighted by atomic mass is 35.5. The minimum absolute atomic E-state index is 0.000377. The molecule has 10 heteroatoms. The van der Waals surface area contributed by atoms with Gasteiger partial charge in [0.05, 0.1) is 5.69 Å². The summed E-state index contributed by atoms with van der Waals surface area (Å²) in [5, 5.41) is 0. The highest BCUT2D eigenvalue weighted by Gasteiger charge is 2.21. The van der Waals surface area contributed by atoms with Crippen LogP contribution in [0.1, 0.15) is 5.69 Å². The van der Waals surface area contributed by atoms with Gasteiger partial charge in [-0.15, -0.1) is 0 Å². The van der Waals surface area contributed by atoms with Crippen molar-refractivity contribution in [2.24, 2.45) is 0 Å². The highest BCUT2D eigenvalue weighted by Crippen LogP contribution is 2.28. The maximum absolute atomic E-state index is 12.1. The summed E-state index contributed by atoms with van der Waals surface area (Å²) in [6, 6.07) is 5.09. The van der Waals surface area contributed by atoms with Crippen LogP contribution in [0.3, 0.4) is 0 Å². The molecule has 0 unspecified atom stereocenters. The number of benzene rings is 1. The van der Waals surface area contributed by atoms with E-state index in [1.807, 2.05) is 0 Å². The largest absolute Gasteiger partial charge is 0.435 e. The van der Waals surface area contributed by atoms with E-state index in [1.54, 1.807) is 0 Å². The minimum Gasteiger partial charge on any atom is -0.435 e. The van der Waals surface area contributed by atoms with Crippen LogP contribution in [0.5, 0.6) is 5.75 Å². The zero-order valence-electron chi connectivity index (χ0n) is 10.5. The van der Waals surface area contributed by atoms with Gasteiger partial charge in [-0.05, 0) is 31.2 Å².